The fourth-order valence-electron chi connectivity index (χ4n) is 11.4. The molecule has 0 heterocycles. The summed E-state index contributed by atoms with van der Waals surface area (Å²) in [5.41, 5.74) is 0.115. The van der Waals surface area contributed by atoms with Gasteiger partial charge in [0.15, 0.2) is 0 Å². The van der Waals surface area contributed by atoms with Crippen LogP contribution in [0, 0.1) is 46.3 Å². The highest BCUT2D eigenvalue weighted by molar-refractivity contribution is 5.69. The fraction of sp³-hybridized carbons (Fsp3) is 0.905. The molecule has 4 aliphatic rings. The van der Waals surface area contributed by atoms with Gasteiger partial charge in [-0.05, 0) is 136 Å². The molecule has 10 unspecified atom stereocenters. The lowest BCUT2D eigenvalue weighted by Crippen LogP contribution is -2.59. The highest BCUT2D eigenvalue weighted by atomic mass is 16.5. The molecule has 10 atom stereocenters. The maximum absolute atomic E-state index is 12.8. The lowest BCUT2D eigenvalue weighted by molar-refractivity contribution is -0.181. The van der Waals surface area contributed by atoms with E-state index < -0.39 is 5.97 Å². The molecule has 4 saturated carbocycles. The molecule has 4 rings (SSSR count). The topological polar surface area (TPSA) is 83.8 Å². The van der Waals surface area contributed by atoms with E-state index in [4.69, 9.17) is 4.74 Å². The molecule has 0 aromatic rings. The van der Waals surface area contributed by atoms with Crippen LogP contribution in [0.3, 0.4) is 0 Å². The number of ether oxygens (including phenoxy) is 1. The Kier molecular flexibility index (Phi) is 15.2. The number of aliphatic hydroxyl groups excluding tert-OH is 1. The number of carbonyl (C=O) groups excluding carboxylic acids is 1. The van der Waals surface area contributed by atoms with Crippen molar-refractivity contribution in [2.45, 2.75) is 194 Å². The van der Waals surface area contributed by atoms with Crippen molar-refractivity contribution in [1.82, 2.24) is 0 Å². The summed E-state index contributed by atoms with van der Waals surface area (Å²) < 4.78 is 6.09. The molecule has 0 bridgehead atoms. The van der Waals surface area contributed by atoms with Crippen molar-refractivity contribution in [3.63, 3.8) is 0 Å². The second kappa shape index (κ2) is 18.6. The maximum atomic E-state index is 12.8. The Labute approximate surface area is 288 Å². The summed E-state index contributed by atoms with van der Waals surface area (Å²) in [5.74, 6) is 2.32. The molecule has 4 fully saturated rings. The number of carboxylic acid groups (broad SMARTS) is 1. The number of aliphatic hydroxyl groups is 1. The molecule has 2 N–H and O–H groups in total. The molecular weight excluding hydrogens is 584 g/mol. The minimum Gasteiger partial charge on any atom is -0.481 e. The van der Waals surface area contributed by atoms with E-state index in [0.29, 0.717) is 48.3 Å². The van der Waals surface area contributed by atoms with Gasteiger partial charge in [0.2, 0.25) is 0 Å². The number of allylic oxidation sites excluding steroid dienone is 2. The van der Waals surface area contributed by atoms with Crippen molar-refractivity contribution in [2.24, 2.45) is 46.3 Å². The first-order valence-electron chi connectivity index (χ1n) is 20.4. The van der Waals surface area contributed by atoms with Gasteiger partial charge < -0.3 is 14.9 Å². The van der Waals surface area contributed by atoms with E-state index in [1.807, 2.05) is 0 Å². The molecule has 270 valence electrons. The van der Waals surface area contributed by atoms with Crippen molar-refractivity contribution in [1.29, 1.82) is 0 Å². The second-order valence-electron chi connectivity index (χ2n) is 17.1. The zero-order valence-electron chi connectivity index (χ0n) is 30.9. The van der Waals surface area contributed by atoms with Gasteiger partial charge in [-0.3, -0.25) is 9.59 Å². The lowest BCUT2D eigenvalue weighted by atomic mass is 9.43. The number of hydrogen-bond acceptors (Lipinski definition) is 4. The average Bonchev–Trinajstić information content (AvgIpc) is 3.41. The van der Waals surface area contributed by atoms with Gasteiger partial charge in [-0.25, -0.2) is 0 Å². The van der Waals surface area contributed by atoms with E-state index in [0.717, 1.165) is 44.9 Å². The second-order valence-corrected chi connectivity index (χ2v) is 17.1. The number of fused-ring (bicyclic) bond motifs is 5. The Hall–Kier alpha value is -1.36. The minimum atomic E-state index is -0.712. The molecule has 0 saturated heterocycles. The summed E-state index contributed by atoms with van der Waals surface area (Å²) in [6.07, 6.45) is 31.0. The molecule has 47 heavy (non-hydrogen) atoms. The summed E-state index contributed by atoms with van der Waals surface area (Å²) in [7, 11) is 0. The van der Waals surface area contributed by atoms with Crippen LogP contribution >= 0.6 is 0 Å². The highest BCUT2D eigenvalue weighted by Gasteiger charge is 2.63. The molecule has 5 heteroatoms. The van der Waals surface area contributed by atoms with Crippen molar-refractivity contribution in [3.05, 3.63) is 12.2 Å². The van der Waals surface area contributed by atoms with Crippen molar-refractivity contribution >= 4 is 11.9 Å². The van der Waals surface area contributed by atoms with Crippen molar-refractivity contribution in [2.75, 3.05) is 0 Å². The van der Waals surface area contributed by atoms with E-state index in [1.54, 1.807) is 0 Å². The summed E-state index contributed by atoms with van der Waals surface area (Å²) in [6, 6.07) is 0. The standard InChI is InChI=1S/C42H72O5/c1-5-6-7-8-9-10-11-12-13-14-15-16-17-18-19-20-40(46)47-33-27-28-41(3)32(29-33)22-23-34-36-25-24-35(31(2)21-26-39(44)45)42(36,4)38(43)30-37(34)41/h12-13,31-38,43H,5-11,14-30H2,1-4H3,(H,44,45)/b13-12-. The first kappa shape index (κ1) is 38.4. The Balaban J connectivity index is 1.12. The molecule has 0 aliphatic heterocycles. The molecule has 0 aromatic carbocycles. The van der Waals surface area contributed by atoms with Gasteiger partial charge in [0.05, 0.1) is 6.10 Å². The summed E-state index contributed by atoms with van der Waals surface area (Å²) in [5, 5.41) is 21.1. The van der Waals surface area contributed by atoms with E-state index in [1.165, 1.54) is 89.9 Å². The van der Waals surface area contributed by atoms with Gasteiger partial charge in [-0.2, -0.15) is 0 Å². The van der Waals surface area contributed by atoms with Crippen LogP contribution in [0.15, 0.2) is 12.2 Å². The Morgan fingerprint density at radius 2 is 1.47 bits per heavy atom. The van der Waals surface area contributed by atoms with E-state index in [-0.39, 0.29) is 35.4 Å². The number of esters is 1. The fourth-order valence-corrected chi connectivity index (χ4v) is 11.4. The average molecular weight is 657 g/mol. The number of aliphatic carboxylic acids is 1. The van der Waals surface area contributed by atoms with Crippen LogP contribution in [0.4, 0.5) is 0 Å². The third-order valence-electron chi connectivity index (χ3n) is 14.2. The van der Waals surface area contributed by atoms with Crippen LogP contribution in [-0.4, -0.2) is 34.4 Å². The molecule has 0 amide bonds. The normalized spacial score (nSPS) is 35.6. The van der Waals surface area contributed by atoms with Crippen LogP contribution in [0.2, 0.25) is 0 Å². The van der Waals surface area contributed by atoms with E-state index in [2.05, 4.69) is 39.8 Å². The van der Waals surface area contributed by atoms with E-state index >= 15 is 0 Å². The maximum Gasteiger partial charge on any atom is 0.306 e. The molecular formula is C42H72O5. The monoisotopic (exact) mass is 657 g/mol. The first-order valence-corrected chi connectivity index (χ1v) is 20.4. The molecule has 4 aliphatic carbocycles. The SMILES string of the molecule is CCCCCCCC/C=C\CCCCCCCC(=O)OC1CCC2(C)C(CCC3C2CC(O)C2(C)C(C(C)CCC(=O)O)CCC32)C1. The minimum absolute atomic E-state index is 0.00258. The predicted molar refractivity (Wildman–Crippen MR) is 192 cm³/mol. The number of unbranched alkanes of at least 4 members (excludes halogenated alkanes) is 11. The van der Waals surface area contributed by atoms with Crippen LogP contribution in [0.25, 0.3) is 0 Å². The van der Waals surface area contributed by atoms with Gasteiger partial charge in [-0.1, -0.05) is 91.2 Å². The van der Waals surface area contributed by atoms with Crippen molar-refractivity contribution in [3.8, 4) is 0 Å². The molecule has 0 radical (unpaired) electrons. The van der Waals surface area contributed by atoms with Gasteiger partial charge in [0.1, 0.15) is 6.10 Å². The number of carboxylic acids is 1. The zero-order valence-corrected chi connectivity index (χ0v) is 30.9. The Bertz CT molecular complexity index is 992. The quantitative estimate of drug-likeness (QED) is 0.0774. The Morgan fingerprint density at radius 1 is 0.809 bits per heavy atom. The predicted octanol–water partition coefficient (Wildman–Crippen LogP) is 11.1. The first-order chi connectivity index (χ1) is 22.6. The summed E-state index contributed by atoms with van der Waals surface area (Å²) in [4.78, 5) is 24.0. The van der Waals surface area contributed by atoms with Gasteiger partial charge in [-0.15, -0.1) is 0 Å². The van der Waals surface area contributed by atoms with Crippen molar-refractivity contribution < 1.29 is 24.5 Å². The Morgan fingerprint density at radius 3 is 2.15 bits per heavy atom. The number of hydrogen-bond donors (Lipinski definition) is 2. The highest BCUT2D eigenvalue weighted by Crippen LogP contribution is 2.68. The lowest BCUT2D eigenvalue weighted by Gasteiger charge is -2.62. The van der Waals surface area contributed by atoms with E-state index in [9.17, 15) is 19.8 Å². The largest absolute Gasteiger partial charge is 0.481 e. The number of rotatable bonds is 20. The van der Waals surface area contributed by atoms with Crippen LogP contribution < -0.4 is 0 Å². The molecule has 5 nitrogen and oxygen atoms in total. The summed E-state index contributed by atoms with van der Waals surface area (Å²) >= 11 is 0. The van der Waals surface area contributed by atoms with Crippen LogP contribution in [0.5, 0.6) is 0 Å². The van der Waals surface area contributed by atoms with Gasteiger partial charge >= 0.3 is 11.9 Å². The third kappa shape index (κ3) is 9.88. The molecule has 0 aromatic heterocycles. The third-order valence-corrected chi connectivity index (χ3v) is 14.2. The molecule has 0 spiro atoms. The van der Waals surface area contributed by atoms with Gasteiger partial charge in [0.25, 0.3) is 0 Å². The number of carbonyl (C=O) groups is 2. The van der Waals surface area contributed by atoms with Crippen LogP contribution in [0.1, 0.15) is 182 Å². The van der Waals surface area contributed by atoms with Crippen LogP contribution in [-0.2, 0) is 14.3 Å². The zero-order chi connectivity index (χ0) is 33.9. The summed E-state index contributed by atoms with van der Waals surface area (Å²) in [6.45, 7) is 9.33. The smallest absolute Gasteiger partial charge is 0.306 e. The van der Waals surface area contributed by atoms with Gasteiger partial charge in [0, 0.05) is 12.8 Å².